The highest BCUT2D eigenvalue weighted by Crippen LogP contribution is 2.48. The van der Waals surface area contributed by atoms with Crippen molar-refractivity contribution in [2.75, 3.05) is 4.90 Å². The lowest BCUT2D eigenvalue weighted by molar-refractivity contribution is 0.669. The van der Waals surface area contributed by atoms with Crippen molar-refractivity contribution in [1.82, 2.24) is 0 Å². The van der Waals surface area contributed by atoms with Gasteiger partial charge in [-0.2, -0.15) is 0 Å². The topological polar surface area (TPSA) is 29.5 Å². The zero-order valence-electron chi connectivity index (χ0n) is 28.7. The van der Waals surface area contributed by atoms with Crippen LogP contribution in [-0.4, -0.2) is 0 Å². The molecule has 53 heavy (non-hydrogen) atoms. The summed E-state index contributed by atoms with van der Waals surface area (Å²) in [6.07, 6.45) is 0. The van der Waals surface area contributed by atoms with Crippen molar-refractivity contribution in [2.45, 2.75) is 0 Å². The SMILES string of the molecule is c1ccc(-c2ccc(N(c3ccc(-c4cccc5c4oc4ccccc45)cc3)c3cccc4ccc5ccccc5c34)c3c2oc2ccccc23)cc1. The number of benzene rings is 9. The van der Waals surface area contributed by atoms with Gasteiger partial charge >= 0.3 is 0 Å². The molecule has 0 fully saturated rings. The number of furan rings is 2. The van der Waals surface area contributed by atoms with Gasteiger partial charge in [-0.1, -0.05) is 146 Å². The van der Waals surface area contributed by atoms with E-state index in [0.717, 1.165) is 83.2 Å². The van der Waals surface area contributed by atoms with E-state index in [1.807, 2.05) is 18.2 Å². The third kappa shape index (κ3) is 4.61. The molecule has 0 atom stereocenters. The maximum Gasteiger partial charge on any atom is 0.145 e. The van der Waals surface area contributed by atoms with Gasteiger partial charge in [0.05, 0.1) is 16.8 Å². The summed E-state index contributed by atoms with van der Waals surface area (Å²) in [5, 5.41) is 9.23. The van der Waals surface area contributed by atoms with Gasteiger partial charge in [-0.05, 0) is 69.8 Å². The first kappa shape index (κ1) is 29.6. The van der Waals surface area contributed by atoms with E-state index in [4.69, 9.17) is 8.83 Å². The van der Waals surface area contributed by atoms with Crippen molar-refractivity contribution in [3.63, 3.8) is 0 Å². The molecule has 0 saturated heterocycles. The fraction of sp³-hybridized carbons (Fsp3) is 0. The van der Waals surface area contributed by atoms with Crippen molar-refractivity contribution in [1.29, 1.82) is 0 Å². The van der Waals surface area contributed by atoms with Gasteiger partial charge in [0.2, 0.25) is 0 Å². The molecular formula is C50H31NO2. The third-order valence-electron chi connectivity index (χ3n) is 10.7. The summed E-state index contributed by atoms with van der Waals surface area (Å²) in [5.41, 5.74) is 11.1. The minimum atomic E-state index is 0.865. The Balaban J connectivity index is 1.19. The van der Waals surface area contributed by atoms with Crippen LogP contribution < -0.4 is 4.90 Å². The highest BCUT2D eigenvalue weighted by atomic mass is 16.3. The first-order valence-corrected chi connectivity index (χ1v) is 18.0. The quantitative estimate of drug-likeness (QED) is 0.170. The second-order valence-electron chi connectivity index (χ2n) is 13.6. The average molecular weight is 678 g/mol. The molecular weight excluding hydrogens is 647 g/mol. The largest absolute Gasteiger partial charge is 0.455 e. The van der Waals surface area contributed by atoms with E-state index in [2.05, 4.69) is 175 Å². The van der Waals surface area contributed by atoms with Crippen LogP contribution in [0.3, 0.4) is 0 Å². The number of hydrogen-bond donors (Lipinski definition) is 0. The number of rotatable bonds is 5. The lowest BCUT2D eigenvalue weighted by atomic mass is 9.97. The number of anilines is 3. The van der Waals surface area contributed by atoms with Gasteiger partial charge in [-0.15, -0.1) is 0 Å². The van der Waals surface area contributed by atoms with Crippen molar-refractivity contribution < 1.29 is 8.83 Å². The Kier molecular flexibility index (Phi) is 6.55. The summed E-state index contributed by atoms with van der Waals surface area (Å²) in [6.45, 7) is 0. The molecule has 2 heterocycles. The molecule has 248 valence electrons. The summed E-state index contributed by atoms with van der Waals surface area (Å²) in [4.78, 5) is 2.42. The molecule has 0 aliphatic carbocycles. The molecule has 0 spiro atoms. The van der Waals surface area contributed by atoms with Crippen molar-refractivity contribution >= 4 is 82.5 Å². The van der Waals surface area contributed by atoms with Gasteiger partial charge in [0.15, 0.2) is 0 Å². The van der Waals surface area contributed by atoms with Crippen LogP contribution in [0, 0.1) is 0 Å². The molecule has 0 amide bonds. The Hall–Kier alpha value is -7.10. The van der Waals surface area contributed by atoms with Crippen molar-refractivity contribution in [3.8, 4) is 22.3 Å². The first-order chi connectivity index (χ1) is 26.3. The van der Waals surface area contributed by atoms with Gasteiger partial charge in [-0.3, -0.25) is 0 Å². The Labute approximate surface area is 305 Å². The molecule has 11 aromatic rings. The third-order valence-corrected chi connectivity index (χ3v) is 10.7. The average Bonchev–Trinajstić information content (AvgIpc) is 3.81. The molecule has 0 bridgehead atoms. The monoisotopic (exact) mass is 677 g/mol. The van der Waals surface area contributed by atoms with E-state index in [1.54, 1.807) is 0 Å². The first-order valence-electron chi connectivity index (χ1n) is 18.0. The normalized spacial score (nSPS) is 11.8. The van der Waals surface area contributed by atoms with E-state index >= 15 is 0 Å². The minimum Gasteiger partial charge on any atom is -0.455 e. The minimum absolute atomic E-state index is 0.865. The predicted molar refractivity (Wildman–Crippen MR) is 222 cm³/mol. The zero-order valence-corrected chi connectivity index (χ0v) is 28.7. The smallest absolute Gasteiger partial charge is 0.145 e. The molecule has 0 saturated carbocycles. The zero-order chi connectivity index (χ0) is 34.9. The number of nitrogens with zero attached hydrogens (tertiary/aromatic N) is 1. The summed E-state index contributed by atoms with van der Waals surface area (Å²) in [6, 6.07) is 66.7. The number of fused-ring (bicyclic) bond motifs is 9. The van der Waals surface area contributed by atoms with E-state index in [1.165, 1.54) is 21.5 Å². The van der Waals surface area contributed by atoms with Crippen LogP contribution in [0.5, 0.6) is 0 Å². The van der Waals surface area contributed by atoms with Gasteiger partial charge < -0.3 is 13.7 Å². The summed E-state index contributed by atoms with van der Waals surface area (Å²) in [7, 11) is 0. The summed E-state index contributed by atoms with van der Waals surface area (Å²) >= 11 is 0. The summed E-state index contributed by atoms with van der Waals surface area (Å²) in [5.74, 6) is 0. The number of hydrogen-bond acceptors (Lipinski definition) is 3. The van der Waals surface area contributed by atoms with Crippen molar-refractivity contribution in [3.05, 3.63) is 188 Å². The maximum absolute atomic E-state index is 6.76. The van der Waals surface area contributed by atoms with Crippen LogP contribution in [0.15, 0.2) is 197 Å². The molecule has 3 nitrogen and oxygen atoms in total. The lowest BCUT2D eigenvalue weighted by Crippen LogP contribution is -2.11. The fourth-order valence-electron chi connectivity index (χ4n) is 8.24. The van der Waals surface area contributed by atoms with Gasteiger partial charge in [0.1, 0.15) is 22.3 Å². The van der Waals surface area contributed by atoms with E-state index < -0.39 is 0 Å². The molecule has 0 aliphatic heterocycles. The van der Waals surface area contributed by atoms with Crippen LogP contribution in [0.25, 0.3) is 87.7 Å². The highest BCUT2D eigenvalue weighted by Gasteiger charge is 2.24. The Morgan fingerprint density at radius 2 is 0.906 bits per heavy atom. The Morgan fingerprint density at radius 1 is 0.321 bits per heavy atom. The van der Waals surface area contributed by atoms with E-state index in [9.17, 15) is 0 Å². The standard InChI is InChI=1S/C50H31NO2/c1-2-12-32(13-3-1)39-30-31-44(48-42-18-7-9-23-46(42)53-50(39)48)51(43-21-10-15-35-25-24-33-14-4-5-16-37(33)47(35)43)36-28-26-34(27-29-36)38-19-11-20-41-40-17-6-8-22-45(40)52-49(38)41/h1-31H. The Bertz CT molecular complexity index is 3170. The summed E-state index contributed by atoms with van der Waals surface area (Å²) < 4.78 is 13.2. The molecule has 0 unspecified atom stereocenters. The Morgan fingerprint density at radius 3 is 1.75 bits per heavy atom. The van der Waals surface area contributed by atoms with Crippen LogP contribution in [0.1, 0.15) is 0 Å². The van der Waals surface area contributed by atoms with Gasteiger partial charge in [0, 0.05) is 38.4 Å². The van der Waals surface area contributed by atoms with Gasteiger partial charge in [0.25, 0.3) is 0 Å². The molecule has 0 N–H and O–H groups in total. The van der Waals surface area contributed by atoms with E-state index in [-0.39, 0.29) is 0 Å². The van der Waals surface area contributed by atoms with Crippen LogP contribution in [0.4, 0.5) is 17.1 Å². The molecule has 3 heteroatoms. The molecule has 0 aliphatic rings. The second kappa shape index (κ2) is 11.7. The van der Waals surface area contributed by atoms with E-state index in [0.29, 0.717) is 0 Å². The highest BCUT2D eigenvalue weighted by molar-refractivity contribution is 6.20. The molecule has 9 aromatic carbocycles. The second-order valence-corrected chi connectivity index (χ2v) is 13.6. The number of para-hydroxylation sites is 3. The predicted octanol–water partition coefficient (Wildman–Crippen LogP) is 14.6. The van der Waals surface area contributed by atoms with Crippen molar-refractivity contribution in [2.24, 2.45) is 0 Å². The van der Waals surface area contributed by atoms with Crippen LogP contribution >= 0.6 is 0 Å². The molecule has 11 rings (SSSR count). The lowest BCUT2D eigenvalue weighted by Gasteiger charge is -2.28. The molecule has 2 aromatic heterocycles. The molecule has 0 radical (unpaired) electrons. The van der Waals surface area contributed by atoms with Gasteiger partial charge in [-0.25, -0.2) is 0 Å². The van der Waals surface area contributed by atoms with Crippen LogP contribution in [-0.2, 0) is 0 Å². The van der Waals surface area contributed by atoms with Crippen LogP contribution in [0.2, 0.25) is 0 Å². The maximum atomic E-state index is 6.76. The fourth-order valence-corrected chi connectivity index (χ4v) is 8.24.